The standard InChI is InChI=1S/C24H19F6NO/c1-14-9-10-16(12-17(32)11-14)6-3-5-15(2)19-13-21(24(28,29)30)31-22-18(19)7-4-8-20(22)23(25,26)27/h3-4,6-13,15H,5H2,1-2H3. The summed E-state index contributed by atoms with van der Waals surface area (Å²) in [6.45, 7) is 3.41. The van der Waals surface area contributed by atoms with E-state index in [9.17, 15) is 31.1 Å². The number of aromatic nitrogens is 1. The van der Waals surface area contributed by atoms with Gasteiger partial charge in [-0.3, -0.25) is 4.79 Å². The Hall–Kier alpha value is -3.16. The van der Waals surface area contributed by atoms with Gasteiger partial charge in [-0.15, -0.1) is 0 Å². The molecule has 0 amide bonds. The van der Waals surface area contributed by atoms with Gasteiger partial charge in [-0.2, -0.15) is 26.3 Å². The van der Waals surface area contributed by atoms with Gasteiger partial charge in [-0.1, -0.05) is 43.3 Å². The predicted octanol–water partition coefficient (Wildman–Crippen LogP) is 7.15. The van der Waals surface area contributed by atoms with E-state index in [1.165, 1.54) is 18.2 Å². The zero-order chi connectivity index (χ0) is 23.7. The number of allylic oxidation sites excluding steroid dienone is 1. The maximum atomic E-state index is 13.4. The zero-order valence-corrected chi connectivity index (χ0v) is 17.2. The van der Waals surface area contributed by atoms with Crippen LogP contribution in [-0.4, -0.2) is 4.98 Å². The number of pyridine rings is 1. The second kappa shape index (κ2) is 8.76. The lowest BCUT2D eigenvalue weighted by Gasteiger charge is -2.18. The van der Waals surface area contributed by atoms with Crippen LogP contribution >= 0.6 is 0 Å². The van der Waals surface area contributed by atoms with Crippen molar-refractivity contribution in [3.8, 4) is 0 Å². The highest BCUT2D eigenvalue weighted by Gasteiger charge is 2.37. The number of hydrogen-bond donors (Lipinski definition) is 0. The summed E-state index contributed by atoms with van der Waals surface area (Å²) in [5.41, 5.74) is -1.96. The topological polar surface area (TPSA) is 30.0 Å². The lowest BCUT2D eigenvalue weighted by molar-refractivity contribution is -0.142. The Morgan fingerprint density at radius 3 is 2.34 bits per heavy atom. The lowest BCUT2D eigenvalue weighted by Crippen LogP contribution is -2.13. The highest BCUT2D eigenvalue weighted by Crippen LogP contribution is 2.39. The molecule has 32 heavy (non-hydrogen) atoms. The van der Waals surface area contributed by atoms with Crippen molar-refractivity contribution in [3.05, 3.63) is 92.8 Å². The summed E-state index contributed by atoms with van der Waals surface area (Å²) in [6.07, 6.45) is -6.14. The molecule has 0 fully saturated rings. The molecule has 0 aliphatic carbocycles. The van der Waals surface area contributed by atoms with E-state index in [2.05, 4.69) is 4.98 Å². The quantitative estimate of drug-likeness (QED) is 0.395. The number of alkyl halides is 6. The molecule has 0 aliphatic heterocycles. The molecular formula is C24H19F6NO. The SMILES string of the molecule is Cc1ccc(C=CCC(C)c2cc(C(F)(F)F)nc3c(C(F)(F)F)cccc23)cc(=O)c1. The van der Waals surface area contributed by atoms with Gasteiger partial charge in [0.15, 0.2) is 5.43 Å². The van der Waals surface area contributed by atoms with Crippen LogP contribution in [0.5, 0.6) is 0 Å². The van der Waals surface area contributed by atoms with E-state index >= 15 is 0 Å². The highest BCUT2D eigenvalue weighted by molar-refractivity contribution is 5.86. The van der Waals surface area contributed by atoms with E-state index in [-0.39, 0.29) is 22.8 Å². The summed E-state index contributed by atoms with van der Waals surface area (Å²) in [4.78, 5) is 15.1. The zero-order valence-electron chi connectivity index (χ0n) is 17.2. The molecule has 0 N–H and O–H groups in total. The predicted molar refractivity (Wildman–Crippen MR) is 111 cm³/mol. The Morgan fingerprint density at radius 1 is 0.969 bits per heavy atom. The fraction of sp³-hybridized carbons (Fsp3) is 0.250. The van der Waals surface area contributed by atoms with Crippen LogP contribution in [0, 0.1) is 6.92 Å². The van der Waals surface area contributed by atoms with Crippen LogP contribution in [0.15, 0.2) is 59.4 Å². The van der Waals surface area contributed by atoms with Gasteiger partial charge < -0.3 is 0 Å². The Labute approximate surface area is 180 Å². The highest BCUT2D eigenvalue weighted by atomic mass is 19.4. The molecular weight excluding hydrogens is 432 g/mol. The van der Waals surface area contributed by atoms with Crippen LogP contribution in [-0.2, 0) is 12.4 Å². The van der Waals surface area contributed by atoms with Crippen molar-refractivity contribution in [2.24, 2.45) is 0 Å². The molecule has 0 bridgehead atoms. The third-order valence-electron chi connectivity index (χ3n) is 5.02. The maximum Gasteiger partial charge on any atom is 0.433 e. The first-order valence-electron chi connectivity index (χ1n) is 9.73. The van der Waals surface area contributed by atoms with Crippen LogP contribution in [0.3, 0.4) is 0 Å². The van der Waals surface area contributed by atoms with Gasteiger partial charge in [-0.25, -0.2) is 4.98 Å². The number of para-hydroxylation sites is 1. The van der Waals surface area contributed by atoms with Crippen LogP contribution in [0.25, 0.3) is 17.0 Å². The third kappa shape index (κ3) is 5.36. The van der Waals surface area contributed by atoms with Gasteiger partial charge in [0.1, 0.15) is 5.69 Å². The molecule has 2 nitrogen and oxygen atoms in total. The summed E-state index contributed by atoms with van der Waals surface area (Å²) in [5.74, 6) is -0.535. The van der Waals surface area contributed by atoms with Gasteiger partial charge in [0.2, 0.25) is 0 Å². The first kappa shape index (κ1) is 23.5. The Kier molecular flexibility index (Phi) is 6.44. The number of fused-ring (bicyclic) bond motifs is 1. The van der Waals surface area contributed by atoms with Crippen molar-refractivity contribution < 1.29 is 26.3 Å². The Balaban J connectivity index is 2.04. The molecule has 3 aromatic rings. The molecule has 1 heterocycles. The summed E-state index contributed by atoms with van der Waals surface area (Å²) < 4.78 is 80.3. The number of nitrogens with zero attached hydrogens (tertiary/aromatic N) is 1. The number of benzene rings is 1. The Morgan fingerprint density at radius 2 is 1.69 bits per heavy atom. The lowest BCUT2D eigenvalue weighted by atomic mass is 9.92. The third-order valence-corrected chi connectivity index (χ3v) is 5.02. The van der Waals surface area contributed by atoms with E-state index in [1.807, 2.05) is 0 Å². The molecule has 1 atom stereocenters. The van der Waals surface area contributed by atoms with Crippen molar-refractivity contribution in [3.63, 3.8) is 0 Å². The number of rotatable bonds is 4. The largest absolute Gasteiger partial charge is 0.433 e. The van der Waals surface area contributed by atoms with E-state index in [1.54, 1.807) is 38.1 Å². The summed E-state index contributed by atoms with van der Waals surface area (Å²) in [5, 5.41) is 0.0253. The minimum absolute atomic E-state index is 0.0253. The molecule has 0 spiro atoms. The molecule has 3 rings (SSSR count). The van der Waals surface area contributed by atoms with Crippen molar-refractivity contribution >= 4 is 17.0 Å². The van der Waals surface area contributed by atoms with Crippen molar-refractivity contribution in [2.45, 2.75) is 38.5 Å². The van der Waals surface area contributed by atoms with Gasteiger partial charge in [0.25, 0.3) is 0 Å². The average Bonchev–Trinajstić information content (AvgIpc) is 2.84. The van der Waals surface area contributed by atoms with Crippen molar-refractivity contribution in [1.29, 1.82) is 0 Å². The maximum absolute atomic E-state index is 13.4. The minimum atomic E-state index is -4.89. The smallest absolute Gasteiger partial charge is 0.290 e. The van der Waals surface area contributed by atoms with Gasteiger partial charge in [0, 0.05) is 5.39 Å². The molecule has 0 aliphatic rings. The van der Waals surface area contributed by atoms with Gasteiger partial charge in [-0.05, 0) is 60.2 Å². The van der Waals surface area contributed by atoms with E-state index in [0.29, 0.717) is 5.56 Å². The molecule has 1 aromatic heterocycles. The fourth-order valence-electron chi connectivity index (χ4n) is 3.45. The summed E-state index contributed by atoms with van der Waals surface area (Å²) >= 11 is 0. The van der Waals surface area contributed by atoms with Crippen molar-refractivity contribution in [2.75, 3.05) is 0 Å². The molecule has 0 saturated carbocycles. The number of hydrogen-bond acceptors (Lipinski definition) is 2. The number of halogens is 6. The first-order valence-corrected chi connectivity index (χ1v) is 9.73. The molecule has 8 heteroatoms. The average molecular weight is 451 g/mol. The van der Waals surface area contributed by atoms with Crippen LogP contribution in [0.2, 0.25) is 0 Å². The van der Waals surface area contributed by atoms with Gasteiger partial charge in [0.05, 0.1) is 11.1 Å². The summed E-state index contributed by atoms with van der Waals surface area (Å²) in [6, 6.07) is 10.4. The molecule has 2 aromatic carbocycles. The van der Waals surface area contributed by atoms with Crippen molar-refractivity contribution in [1.82, 2.24) is 4.98 Å². The van der Waals surface area contributed by atoms with E-state index < -0.39 is 35.0 Å². The fourth-order valence-corrected chi connectivity index (χ4v) is 3.45. The van der Waals surface area contributed by atoms with E-state index in [0.717, 1.165) is 23.8 Å². The second-order valence-corrected chi connectivity index (χ2v) is 7.60. The van der Waals surface area contributed by atoms with Crippen LogP contribution in [0.4, 0.5) is 26.3 Å². The molecule has 0 radical (unpaired) electrons. The molecule has 0 saturated heterocycles. The molecule has 168 valence electrons. The van der Waals surface area contributed by atoms with Gasteiger partial charge >= 0.3 is 12.4 Å². The van der Waals surface area contributed by atoms with Crippen LogP contribution < -0.4 is 5.43 Å². The minimum Gasteiger partial charge on any atom is -0.290 e. The van der Waals surface area contributed by atoms with E-state index in [4.69, 9.17) is 0 Å². The molecule has 1 unspecified atom stereocenters. The summed E-state index contributed by atoms with van der Waals surface area (Å²) in [7, 11) is 0. The first-order chi connectivity index (χ1) is 14.9. The normalized spacial score (nSPS) is 13.6. The second-order valence-electron chi connectivity index (χ2n) is 7.60. The van der Waals surface area contributed by atoms with Crippen LogP contribution in [0.1, 0.15) is 47.2 Å². The Bertz CT molecular complexity index is 1230. The number of aryl methyl sites for hydroxylation is 1. The monoisotopic (exact) mass is 451 g/mol.